The summed E-state index contributed by atoms with van der Waals surface area (Å²) in [5, 5.41) is 2.89. The Morgan fingerprint density at radius 2 is 1.57 bits per heavy atom. The molecular weight excluding hydrogens is 370 g/mol. The molecule has 0 aliphatic rings. The van der Waals surface area contributed by atoms with E-state index in [1.54, 1.807) is 50.1 Å². The first-order chi connectivity index (χ1) is 13.6. The minimum Gasteiger partial charge on any atom is -0.497 e. The molecule has 3 aromatic rings. The van der Waals surface area contributed by atoms with Crippen molar-refractivity contribution in [2.24, 2.45) is 0 Å². The van der Waals surface area contributed by atoms with Crippen LogP contribution in [0, 0.1) is 0 Å². The van der Waals surface area contributed by atoms with Crippen LogP contribution >= 0.6 is 11.8 Å². The molecule has 4 nitrogen and oxygen atoms in total. The molecular formula is C23H23NO3S. The molecule has 1 amide bonds. The van der Waals surface area contributed by atoms with E-state index in [9.17, 15) is 4.79 Å². The predicted molar refractivity (Wildman–Crippen MR) is 114 cm³/mol. The third-order valence-electron chi connectivity index (χ3n) is 4.11. The minimum absolute atomic E-state index is 0.192. The van der Waals surface area contributed by atoms with E-state index in [4.69, 9.17) is 9.47 Å². The van der Waals surface area contributed by atoms with Gasteiger partial charge >= 0.3 is 0 Å². The summed E-state index contributed by atoms with van der Waals surface area (Å²) in [7, 11) is 1.61. The lowest BCUT2D eigenvalue weighted by molar-refractivity contribution is -0.122. The zero-order valence-electron chi connectivity index (χ0n) is 15.9. The van der Waals surface area contributed by atoms with Crippen LogP contribution in [-0.4, -0.2) is 19.1 Å². The standard InChI is InChI=1S/C23H23NO3S/c1-17(27-21-14-12-20(26-2)13-15-21)23(25)24-19-10-8-18(9-11-19)16-28-22-6-4-3-5-7-22/h3-15,17H,16H2,1-2H3,(H,24,25)/t17-/m0/s1. The average molecular weight is 394 g/mol. The van der Waals surface area contributed by atoms with E-state index in [0.717, 1.165) is 17.2 Å². The van der Waals surface area contributed by atoms with Crippen molar-refractivity contribution in [3.8, 4) is 11.5 Å². The minimum atomic E-state index is -0.610. The van der Waals surface area contributed by atoms with E-state index in [2.05, 4.69) is 17.4 Å². The van der Waals surface area contributed by atoms with Gasteiger partial charge in [0.15, 0.2) is 6.10 Å². The van der Waals surface area contributed by atoms with Crippen molar-refractivity contribution in [2.75, 3.05) is 12.4 Å². The Balaban J connectivity index is 1.50. The number of anilines is 1. The Morgan fingerprint density at radius 1 is 0.929 bits per heavy atom. The lowest BCUT2D eigenvalue weighted by Crippen LogP contribution is -2.30. The van der Waals surface area contributed by atoms with Gasteiger partial charge in [-0.25, -0.2) is 0 Å². The Kier molecular flexibility index (Phi) is 6.98. The van der Waals surface area contributed by atoms with Gasteiger partial charge in [-0.2, -0.15) is 0 Å². The fraction of sp³-hybridized carbons (Fsp3) is 0.174. The molecule has 1 N–H and O–H groups in total. The van der Waals surface area contributed by atoms with Gasteiger partial charge in [-0.05, 0) is 61.0 Å². The van der Waals surface area contributed by atoms with Crippen LogP contribution in [0.2, 0.25) is 0 Å². The third-order valence-corrected chi connectivity index (χ3v) is 5.19. The van der Waals surface area contributed by atoms with Gasteiger partial charge in [0, 0.05) is 16.3 Å². The molecule has 144 valence electrons. The first-order valence-corrected chi connectivity index (χ1v) is 10.0. The smallest absolute Gasteiger partial charge is 0.265 e. The number of thioether (sulfide) groups is 1. The van der Waals surface area contributed by atoms with Crippen LogP contribution in [0.1, 0.15) is 12.5 Å². The lowest BCUT2D eigenvalue weighted by Gasteiger charge is -2.15. The van der Waals surface area contributed by atoms with Gasteiger partial charge in [0.1, 0.15) is 11.5 Å². The average Bonchev–Trinajstić information content (AvgIpc) is 2.74. The second-order valence-electron chi connectivity index (χ2n) is 6.22. The molecule has 3 rings (SSSR count). The van der Waals surface area contributed by atoms with Crippen LogP contribution < -0.4 is 14.8 Å². The molecule has 1 atom stereocenters. The number of hydrogen-bond acceptors (Lipinski definition) is 4. The zero-order valence-corrected chi connectivity index (χ0v) is 16.7. The molecule has 0 aliphatic heterocycles. The Morgan fingerprint density at radius 3 is 2.21 bits per heavy atom. The van der Waals surface area contributed by atoms with Crippen molar-refractivity contribution in [2.45, 2.75) is 23.7 Å². The van der Waals surface area contributed by atoms with Crippen LogP contribution in [0.25, 0.3) is 0 Å². The summed E-state index contributed by atoms with van der Waals surface area (Å²) < 4.78 is 10.8. The van der Waals surface area contributed by atoms with Crippen molar-refractivity contribution in [1.29, 1.82) is 0 Å². The van der Waals surface area contributed by atoms with Gasteiger partial charge in [-0.3, -0.25) is 4.79 Å². The molecule has 0 spiro atoms. The van der Waals surface area contributed by atoms with Gasteiger partial charge in [0.05, 0.1) is 7.11 Å². The maximum Gasteiger partial charge on any atom is 0.265 e. The van der Waals surface area contributed by atoms with Gasteiger partial charge < -0.3 is 14.8 Å². The van der Waals surface area contributed by atoms with Crippen LogP contribution in [0.3, 0.4) is 0 Å². The molecule has 0 saturated carbocycles. The molecule has 0 aliphatic carbocycles. The normalized spacial score (nSPS) is 11.5. The van der Waals surface area contributed by atoms with Crippen molar-refractivity contribution < 1.29 is 14.3 Å². The summed E-state index contributed by atoms with van der Waals surface area (Å²) in [5.74, 6) is 2.06. The van der Waals surface area contributed by atoms with Crippen LogP contribution in [-0.2, 0) is 10.5 Å². The number of ether oxygens (including phenoxy) is 2. The summed E-state index contributed by atoms with van der Waals surface area (Å²) >= 11 is 1.79. The highest BCUT2D eigenvalue weighted by molar-refractivity contribution is 7.98. The Hall–Kier alpha value is -2.92. The number of benzene rings is 3. The fourth-order valence-corrected chi connectivity index (χ4v) is 3.40. The number of carbonyl (C=O) groups is 1. The quantitative estimate of drug-likeness (QED) is 0.521. The molecule has 0 saturated heterocycles. The second kappa shape index (κ2) is 9.85. The van der Waals surface area contributed by atoms with Gasteiger partial charge in [-0.15, -0.1) is 11.8 Å². The molecule has 0 fully saturated rings. The maximum absolute atomic E-state index is 12.4. The number of methoxy groups -OCH3 is 1. The summed E-state index contributed by atoms with van der Waals surface area (Å²) in [5.41, 5.74) is 1.96. The molecule has 0 aromatic heterocycles. The van der Waals surface area contributed by atoms with Crippen molar-refractivity contribution >= 4 is 23.4 Å². The van der Waals surface area contributed by atoms with Crippen LogP contribution in [0.5, 0.6) is 11.5 Å². The van der Waals surface area contributed by atoms with Crippen molar-refractivity contribution in [1.82, 2.24) is 0 Å². The number of amides is 1. The number of hydrogen-bond donors (Lipinski definition) is 1. The second-order valence-corrected chi connectivity index (χ2v) is 7.27. The van der Waals surface area contributed by atoms with Crippen molar-refractivity contribution in [3.05, 3.63) is 84.4 Å². The highest BCUT2D eigenvalue weighted by Gasteiger charge is 2.15. The van der Waals surface area contributed by atoms with Crippen LogP contribution in [0.15, 0.2) is 83.8 Å². The lowest BCUT2D eigenvalue weighted by atomic mass is 10.2. The van der Waals surface area contributed by atoms with Crippen molar-refractivity contribution in [3.63, 3.8) is 0 Å². The predicted octanol–water partition coefficient (Wildman–Crippen LogP) is 5.39. The van der Waals surface area contributed by atoms with Gasteiger partial charge in [0.25, 0.3) is 5.91 Å². The third kappa shape index (κ3) is 5.79. The molecule has 0 heterocycles. The van der Waals surface area contributed by atoms with E-state index in [1.165, 1.54) is 10.5 Å². The zero-order chi connectivity index (χ0) is 19.8. The highest BCUT2D eigenvalue weighted by atomic mass is 32.2. The van der Waals surface area contributed by atoms with Gasteiger partial charge in [-0.1, -0.05) is 30.3 Å². The summed E-state index contributed by atoms with van der Waals surface area (Å²) in [6.45, 7) is 1.73. The highest BCUT2D eigenvalue weighted by Crippen LogP contribution is 2.23. The van der Waals surface area contributed by atoms with E-state index in [-0.39, 0.29) is 5.91 Å². The molecule has 5 heteroatoms. The fourth-order valence-electron chi connectivity index (χ4n) is 2.52. The molecule has 3 aromatic carbocycles. The number of carbonyl (C=O) groups excluding carboxylic acids is 1. The van der Waals surface area contributed by atoms with Gasteiger partial charge in [0.2, 0.25) is 0 Å². The summed E-state index contributed by atoms with van der Waals surface area (Å²) in [4.78, 5) is 13.6. The van der Waals surface area contributed by atoms with E-state index >= 15 is 0 Å². The number of rotatable bonds is 8. The Bertz CT molecular complexity index is 880. The van der Waals surface area contributed by atoms with Crippen LogP contribution in [0.4, 0.5) is 5.69 Å². The van der Waals surface area contributed by atoms with E-state index in [0.29, 0.717) is 5.75 Å². The SMILES string of the molecule is COc1ccc(O[C@@H](C)C(=O)Nc2ccc(CSc3ccccc3)cc2)cc1. The topological polar surface area (TPSA) is 47.6 Å². The monoisotopic (exact) mass is 393 g/mol. The Labute approximate surface area is 169 Å². The summed E-state index contributed by atoms with van der Waals surface area (Å²) in [6, 6.07) is 25.3. The first-order valence-electron chi connectivity index (χ1n) is 9.02. The molecule has 0 unspecified atom stereocenters. The first kappa shape index (κ1) is 19.8. The molecule has 28 heavy (non-hydrogen) atoms. The number of nitrogens with one attached hydrogen (secondary N) is 1. The summed E-state index contributed by atoms with van der Waals surface area (Å²) in [6.07, 6.45) is -0.610. The largest absolute Gasteiger partial charge is 0.497 e. The molecule has 0 bridgehead atoms. The maximum atomic E-state index is 12.4. The van der Waals surface area contributed by atoms with E-state index < -0.39 is 6.10 Å². The molecule has 0 radical (unpaired) electrons. The van der Waals surface area contributed by atoms with E-state index in [1.807, 2.05) is 42.5 Å².